The number of aliphatic hydroxyl groups excluding tert-OH is 1. The van der Waals surface area contributed by atoms with Gasteiger partial charge >= 0.3 is 0 Å². The molecule has 0 unspecified atom stereocenters. The number of nitrogens with zero attached hydrogens (tertiary/aromatic N) is 5. The molecule has 0 aromatic carbocycles. The van der Waals surface area contributed by atoms with Crippen molar-refractivity contribution in [2.45, 2.75) is 32.4 Å². The van der Waals surface area contributed by atoms with Gasteiger partial charge in [0.2, 0.25) is 0 Å². The van der Waals surface area contributed by atoms with Crippen LogP contribution in [0.1, 0.15) is 36.1 Å². The number of carbonyl (C=O) groups is 1. The zero-order chi connectivity index (χ0) is 16.4. The van der Waals surface area contributed by atoms with Gasteiger partial charge in [-0.25, -0.2) is 0 Å². The second-order valence-corrected chi connectivity index (χ2v) is 6.21. The van der Waals surface area contributed by atoms with Crippen molar-refractivity contribution in [1.82, 2.24) is 24.6 Å². The third kappa shape index (κ3) is 3.39. The number of rotatable bonds is 4. The zero-order valence-electron chi connectivity index (χ0n) is 13.3. The first kappa shape index (κ1) is 15.6. The van der Waals surface area contributed by atoms with Crippen LogP contribution in [0, 0.1) is 5.92 Å². The minimum atomic E-state index is -0.548. The summed E-state index contributed by atoms with van der Waals surface area (Å²) in [5, 5.41) is 14.6. The minimum Gasteiger partial charge on any atom is -0.391 e. The molecule has 1 saturated heterocycles. The fourth-order valence-electron chi connectivity index (χ4n) is 2.83. The first-order chi connectivity index (χ1) is 11.0. The number of aromatic nitrogens is 4. The predicted molar refractivity (Wildman–Crippen MR) is 83.7 cm³/mol. The van der Waals surface area contributed by atoms with Crippen LogP contribution in [0.4, 0.5) is 0 Å². The lowest BCUT2D eigenvalue weighted by molar-refractivity contribution is 0.0758. The molecular weight excluding hydrogens is 294 g/mol. The molecule has 23 heavy (non-hydrogen) atoms. The molecule has 2 atom stereocenters. The van der Waals surface area contributed by atoms with E-state index in [0.717, 1.165) is 5.69 Å². The molecule has 0 bridgehead atoms. The summed E-state index contributed by atoms with van der Waals surface area (Å²) in [5.74, 6) is -0.159. The molecule has 122 valence electrons. The van der Waals surface area contributed by atoms with Crippen LogP contribution in [0.15, 0.2) is 30.9 Å². The second-order valence-electron chi connectivity index (χ2n) is 6.21. The van der Waals surface area contributed by atoms with Gasteiger partial charge in [0.15, 0.2) is 0 Å². The van der Waals surface area contributed by atoms with E-state index in [9.17, 15) is 9.90 Å². The van der Waals surface area contributed by atoms with Crippen LogP contribution in [-0.4, -0.2) is 54.9 Å². The number of β-amino-alcohol motifs (C(OH)–C–C–N with tert-alkyl or cyclic N) is 1. The van der Waals surface area contributed by atoms with Gasteiger partial charge in [0.25, 0.3) is 5.91 Å². The molecule has 0 aliphatic carbocycles. The number of likely N-dealkylation sites (tertiary alicyclic amines) is 1. The Morgan fingerprint density at radius 1 is 1.39 bits per heavy atom. The van der Waals surface area contributed by atoms with E-state index in [-0.39, 0.29) is 17.9 Å². The Balaban J connectivity index is 1.66. The van der Waals surface area contributed by atoms with Crippen molar-refractivity contribution in [3.8, 4) is 0 Å². The zero-order valence-corrected chi connectivity index (χ0v) is 13.3. The summed E-state index contributed by atoms with van der Waals surface area (Å²) in [6, 6.07) is 1.94. The van der Waals surface area contributed by atoms with E-state index in [4.69, 9.17) is 0 Å². The molecule has 7 heteroatoms. The van der Waals surface area contributed by atoms with Crippen LogP contribution < -0.4 is 0 Å². The number of aliphatic hydroxyl groups is 1. The predicted octanol–water partition coefficient (Wildman–Crippen LogP) is 0.930. The maximum Gasteiger partial charge on any atom is 0.274 e. The van der Waals surface area contributed by atoms with Gasteiger partial charge in [0, 0.05) is 49.8 Å². The van der Waals surface area contributed by atoms with Gasteiger partial charge in [-0.3, -0.25) is 19.4 Å². The SMILES string of the molecule is CC(C)n1ccc(C(=O)N2C[C@@H](Cc3cnccn3)[C@H](O)C2)n1. The van der Waals surface area contributed by atoms with Crippen LogP contribution in [0.5, 0.6) is 0 Å². The van der Waals surface area contributed by atoms with E-state index >= 15 is 0 Å². The van der Waals surface area contributed by atoms with Gasteiger partial charge in [-0.05, 0) is 26.3 Å². The number of carbonyl (C=O) groups excluding carboxylic acids is 1. The normalized spacial score (nSPS) is 21.1. The first-order valence-corrected chi connectivity index (χ1v) is 7.82. The van der Waals surface area contributed by atoms with E-state index in [2.05, 4.69) is 15.1 Å². The largest absolute Gasteiger partial charge is 0.391 e. The lowest BCUT2D eigenvalue weighted by atomic mass is 10.0. The van der Waals surface area contributed by atoms with Crippen molar-refractivity contribution in [2.75, 3.05) is 13.1 Å². The van der Waals surface area contributed by atoms with Crippen molar-refractivity contribution in [1.29, 1.82) is 0 Å². The Hall–Kier alpha value is -2.28. The molecule has 1 N–H and O–H groups in total. The van der Waals surface area contributed by atoms with Gasteiger partial charge < -0.3 is 10.0 Å². The van der Waals surface area contributed by atoms with Gasteiger partial charge in [-0.1, -0.05) is 0 Å². The summed E-state index contributed by atoms with van der Waals surface area (Å²) >= 11 is 0. The minimum absolute atomic E-state index is 0.0252. The van der Waals surface area contributed by atoms with Gasteiger partial charge in [-0.15, -0.1) is 0 Å². The molecule has 3 rings (SSSR count). The standard InChI is InChI=1S/C16H21N5O2/c1-11(2)21-6-3-14(19-21)16(23)20-9-12(15(22)10-20)7-13-8-17-4-5-18-13/h3-6,8,11-12,15,22H,7,9-10H2,1-2H3/t12-,15-/m1/s1. The molecule has 0 spiro atoms. The van der Waals surface area contributed by atoms with Gasteiger partial charge in [0.1, 0.15) is 5.69 Å². The lowest BCUT2D eigenvalue weighted by Crippen LogP contribution is -2.30. The van der Waals surface area contributed by atoms with E-state index in [1.807, 2.05) is 13.8 Å². The highest BCUT2D eigenvalue weighted by Crippen LogP contribution is 2.22. The average molecular weight is 315 g/mol. The summed E-state index contributed by atoms with van der Waals surface area (Å²) in [5.41, 5.74) is 1.25. The molecule has 2 aromatic heterocycles. The van der Waals surface area contributed by atoms with Crippen molar-refractivity contribution in [2.24, 2.45) is 5.92 Å². The van der Waals surface area contributed by atoms with E-state index in [0.29, 0.717) is 25.2 Å². The highest BCUT2D eigenvalue weighted by molar-refractivity contribution is 5.92. The number of amides is 1. The molecule has 1 amide bonds. The third-order valence-electron chi connectivity index (χ3n) is 4.14. The summed E-state index contributed by atoms with van der Waals surface area (Å²) in [7, 11) is 0. The Kier molecular flexibility index (Phi) is 4.38. The Labute approximate surface area is 135 Å². The van der Waals surface area contributed by atoms with Crippen LogP contribution in [0.2, 0.25) is 0 Å². The van der Waals surface area contributed by atoms with Crippen LogP contribution >= 0.6 is 0 Å². The molecule has 7 nitrogen and oxygen atoms in total. The second kappa shape index (κ2) is 6.45. The highest BCUT2D eigenvalue weighted by atomic mass is 16.3. The number of hydrogen-bond acceptors (Lipinski definition) is 5. The molecule has 3 heterocycles. The van der Waals surface area contributed by atoms with Crippen LogP contribution in [0.25, 0.3) is 0 Å². The van der Waals surface area contributed by atoms with E-state index in [1.165, 1.54) is 0 Å². The average Bonchev–Trinajstić information content (AvgIpc) is 3.16. The van der Waals surface area contributed by atoms with Crippen molar-refractivity contribution in [3.05, 3.63) is 42.2 Å². The smallest absolute Gasteiger partial charge is 0.274 e. The maximum atomic E-state index is 12.5. The van der Waals surface area contributed by atoms with Gasteiger partial charge in [0.05, 0.1) is 11.8 Å². The molecule has 1 aliphatic heterocycles. The van der Waals surface area contributed by atoms with E-state index in [1.54, 1.807) is 40.4 Å². The molecule has 0 radical (unpaired) electrons. The summed E-state index contributed by atoms with van der Waals surface area (Å²) in [6.45, 7) is 4.86. The quantitative estimate of drug-likeness (QED) is 0.907. The molecule has 1 aliphatic rings. The van der Waals surface area contributed by atoms with Crippen LogP contribution in [0.3, 0.4) is 0 Å². The molecule has 1 fully saturated rings. The Morgan fingerprint density at radius 2 is 2.22 bits per heavy atom. The fourth-order valence-corrected chi connectivity index (χ4v) is 2.83. The number of hydrogen-bond donors (Lipinski definition) is 1. The highest BCUT2D eigenvalue weighted by Gasteiger charge is 2.35. The summed E-state index contributed by atoms with van der Waals surface area (Å²) in [6.07, 6.45) is 6.82. The maximum absolute atomic E-state index is 12.5. The third-order valence-corrected chi connectivity index (χ3v) is 4.14. The molecular formula is C16H21N5O2. The van der Waals surface area contributed by atoms with Gasteiger partial charge in [-0.2, -0.15) is 5.10 Å². The first-order valence-electron chi connectivity index (χ1n) is 7.82. The van der Waals surface area contributed by atoms with Crippen molar-refractivity contribution in [3.63, 3.8) is 0 Å². The summed E-state index contributed by atoms with van der Waals surface area (Å²) in [4.78, 5) is 22.5. The topological polar surface area (TPSA) is 84.1 Å². The Morgan fingerprint density at radius 3 is 2.87 bits per heavy atom. The van der Waals surface area contributed by atoms with Crippen LogP contribution in [-0.2, 0) is 6.42 Å². The molecule has 0 saturated carbocycles. The van der Waals surface area contributed by atoms with E-state index < -0.39 is 6.10 Å². The van der Waals surface area contributed by atoms with Crippen molar-refractivity contribution < 1.29 is 9.90 Å². The lowest BCUT2D eigenvalue weighted by Gasteiger charge is -2.14. The van der Waals surface area contributed by atoms with Crippen molar-refractivity contribution >= 4 is 5.91 Å². The Bertz CT molecular complexity index is 670. The summed E-state index contributed by atoms with van der Waals surface area (Å²) < 4.78 is 1.76. The fraction of sp³-hybridized carbons (Fsp3) is 0.500. The molecule has 2 aromatic rings. The monoisotopic (exact) mass is 315 g/mol.